The molecule has 1 rings (SSSR count). The second kappa shape index (κ2) is 11.9. The SMILES string of the molecule is [2H]C([2H])([2H])N1CCN(C(=O)CC/C=C(\C)CC/C=C(/C)CCC(=O)OC)CC1. The van der Waals surface area contributed by atoms with Gasteiger partial charge in [0.25, 0.3) is 0 Å². The Morgan fingerprint density at radius 1 is 0.960 bits per heavy atom. The van der Waals surface area contributed by atoms with E-state index in [0.29, 0.717) is 45.4 Å². The van der Waals surface area contributed by atoms with Gasteiger partial charge in [0.2, 0.25) is 5.91 Å². The second-order valence-corrected chi connectivity index (χ2v) is 6.62. The first kappa shape index (κ1) is 16.8. The quantitative estimate of drug-likeness (QED) is 0.472. The summed E-state index contributed by atoms with van der Waals surface area (Å²) >= 11 is 0. The Labute approximate surface area is 156 Å². The van der Waals surface area contributed by atoms with E-state index in [2.05, 4.69) is 23.8 Å². The normalized spacial score (nSPS) is 19.2. The van der Waals surface area contributed by atoms with Crippen LogP contribution in [0.1, 0.15) is 56.5 Å². The molecule has 1 saturated heterocycles. The fourth-order valence-corrected chi connectivity index (χ4v) is 2.71. The number of allylic oxidation sites excluding steroid dienone is 4. The van der Waals surface area contributed by atoms with Crippen molar-refractivity contribution in [2.24, 2.45) is 0 Å². The number of hydrogen-bond acceptors (Lipinski definition) is 4. The van der Waals surface area contributed by atoms with E-state index in [-0.39, 0.29) is 11.9 Å². The standard InChI is InChI=1S/C20H34N2O3/c1-17(7-5-8-18(2)11-12-20(24)25-4)9-6-10-19(23)22-15-13-21(3)14-16-22/h8-9H,5-7,10-16H2,1-4H3/b17-9+,18-8-/i3D3. The number of likely N-dealkylation sites (N-methyl/N-ethyl adjacent to an activating group) is 1. The van der Waals surface area contributed by atoms with Gasteiger partial charge in [0, 0.05) is 43.1 Å². The van der Waals surface area contributed by atoms with Crippen LogP contribution in [0, 0.1) is 0 Å². The van der Waals surface area contributed by atoms with Crippen molar-refractivity contribution in [3.05, 3.63) is 23.3 Å². The van der Waals surface area contributed by atoms with E-state index in [1.807, 2.05) is 6.92 Å². The molecular formula is C20H34N2O3. The number of methoxy groups -OCH3 is 1. The fourth-order valence-electron chi connectivity index (χ4n) is 2.71. The van der Waals surface area contributed by atoms with Crippen LogP contribution < -0.4 is 0 Å². The van der Waals surface area contributed by atoms with Gasteiger partial charge in [-0.1, -0.05) is 23.3 Å². The van der Waals surface area contributed by atoms with E-state index in [0.717, 1.165) is 19.3 Å². The Hall–Kier alpha value is -1.62. The minimum absolute atomic E-state index is 0.0905. The Balaban J connectivity index is 2.25. The van der Waals surface area contributed by atoms with Crippen molar-refractivity contribution in [3.63, 3.8) is 0 Å². The highest BCUT2D eigenvalue weighted by Crippen LogP contribution is 2.12. The van der Waals surface area contributed by atoms with Crippen molar-refractivity contribution in [2.45, 2.75) is 52.4 Å². The lowest BCUT2D eigenvalue weighted by atomic mass is 10.1. The first-order chi connectivity index (χ1) is 13.1. The van der Waals surface area contributed by atoms with Crippen molar-refractivity contribution >= 4 is 11.9 Å². The van der Waals surface area contributed by atoms with Crippen LogP contribution in [0.4, 0.5) is 0 Å². The summed E-state index contributed by atoms with van der Waals surface area (Å²) in [6.07, 6.45) is 8.40. The lowest BCUT2D eigenvalue weighted by Crippen LogP contribution is -2.47. The lowest BCUT2D eigenvalue weighted by Gasteiger charge is -2.32. The monoisotopic (exact) mass is 353 g/mol. The molecule has 5 nitrogen and oxygen atoms in total. The van der Waals surface area contributed by atoms with E-state index in [1.54, 1.807) is 4.90 Å². The molecule has 0 aromatic rings. The summed E-state index contributed by atoms with van der Waals surface area (Å²) < 4.78 is 26.9. The van der Waals surface area contributed by atoms with Gasteiger partial charge in [-0.3, -0.25) is 9.59 Å². The Morgan fingerprint density at radius 2 is 1.56 bits per heavy atom. The van der Waals surface area contributed by atoms with Crippen LogP contribution in [0.3, 0.4) is 0 Å². The van der Waals surface area contributed by atoms with Gasteiger partial charge in [0.1, 0.15) is 0 Å². The zero-order valence-corrected chi connectivity index (χ0v) is 15.8. The largest absolute Gasteiger partial charge is 0.469 e. The number of ether oxygens (including phenoxy) is 1. The number of piperazine rings is 1. The zero-order chi connectivity index (χ0) is 21.2. The summed E-state index contributed by atoms with van der Waals surface area (Å²) in [4.78, 5) is 26.6. The molecule has 1 heterocycles. The molecule has 0 radical (unpaired) electrons. The molecule has 0 N–H and O–H groups in total. The molecule has 0 unspecified atom stereocenters. The van der Waals surface area contributed by atoms with Crippen molar-refractivity contribution in [2.75, 3.05) is 40.3 Å². The van der Waals surface area contributed by atoms with E-state index in [4.69, 9.17) is 4.11 Å². The molecule has 0 saturated carbocycles. The highest BCUT2D eigenvalue weighted by molar-refractivity contribution is 5.76. The smallest absolute Gasteiger partial charge is 0.305 e. The van der Waals surface area contributed by atoms with Crippen molar-refractivity contribution < 1.29 is 18.4 Å². The molecule has 1 aliphatic heterocycles. The number of carbonyl (C=O) groups is 2. The lowest BCUT2D eigenvalue weighted by molar-refractivity contribution is -0.140. The highest BCUT2D eigenvalue weighted by Gasteiger charge is 2.17. The Bertz CT molecular complexity index is 578. The summed E-state index contributed by atoms with van der Waals surface area (Å²) in [7, 11) is 1.40. The van der Waals surface area contributed by atoms with Gasteiger partial charge < -0.3 is 14.5 Å². The number of nitrogens with zero attached hydrogens (tertiary/aromatic N) is 2. The molecule has 0 aromatic heterocycles. The van der Waals surface area contributed by atoms with Gasteiger partial charge in [0.05, 0.1) is 7.11 Å². The van der Waals surface area contributed by atoms with Crippen LogP contribution in [-0.4, -0.2) is 61.9 Å². The van der Waals surface area contributed by atoms with Gasteiger partial charge in [0.15, 0.2) is 0 Å². The predicted molar refractivity (Wildman–Crippen MR) is 101 cm³/mol. The molecule has 142 valence electrons. The number of rotatable bonds is 9. The average Bonchev–Trinajstić information content (AvgIpc) is 2.65. The topological polar surface area (TPSA) is 49.9 Å². The summed E-state index contributed by atoms with van der Waals surface area (Å²) in [5.41, 5.74) is 2.43. The molecule has 25 heavy (non-hydrogen) atoms. The number of hydrogen-bond donors (Lipinski definition) is 0. The van der Waals surface area contributed by atoms with Crippen molar-refractivity contribution in [3.8, 4) is 0 Å². The summed E-state index contributed by atoms with van der Waals surface area (Å²) in [6, 6.07) is 0. The van der Waals surface area contributed by atoms with Gasteiger partial charge >= 0.3 is 5.97 Å². The van der Waals surface area contributed by atoms with Gasteiger partial charge in [-0.2, -0.15) is 0 Å². The highest BCUT2D eigenvalue weighted by atomic mass is 16.5. The van der Waals surface area contributed by atoms with Crippen molar-refractivity contribution in [1.82, 2.24) is 9.80 Å². The maximum Gasteiger partial charge on any atom is 0.305 e. The minimum Gasteiger partial charge on any atom is -0.469 e. The molecule has 5 heteroatoms. The van der Waals surface area contributed by atoms with Crippen LogP contribution in [0.25, 0.3) is 0 Å². The summed E-state index contributed by atoms with van der Waals surface area (Å²) in [5.74, 6) is -0.0962. The second-order valence-electron chi connectivity index (χ2n) is 6.62. The molecule has 1 aliphatic rings. The van der Waals surface area contributed by atoms with Crippen LogP contribution in [-0.2, 0) is 14.3 Å². The molecule has 0 bridgehead atoms. The molecule has 0 aliphatic carbocycles. The first-order valence-corrected chi connectivity index (χ1v) is 9.04. The predicted octanol–water partition coefficient (Wildman–Crippen LogP) is 3.17. The Morgan fingerprint density at radius 3 is 2.16 bits per heavy atom. The van der Waals surface area contributed by atoms with Gasteiger partial charge in [-0.15, -0.1) is 0 Å². The van der Waals surface area contributed by atoms with E-state index < -0.39 is 6.98 Å². The fraction of sp³-hybridized carbons (Fsp3) is 0.700. The maximum absolute atomic E-state index is 12.3. The van der Waals surface area contributed by atoms with Crippen LogP contribution >= 0.6 is 0 Å². The maximum atomic E-state index is 12.3. The molecular weight excluding hydrogens is 316 g/mol. The molecule has 0 atom stereocenters. The molecule has 0 spiro atoms. The number of amides is 1. The van der Waals surface area contributed by atoms with E-state index in [9.17, 15) is 9.59 Å². The van der Waals surface area contributed by atoms with Crippen LogP contribution in [0.5, 0.6) is 0 Å². The van der Waals surface area contributed by atoms with Crippen molar-refractivity contribution in [1.29, 1.82) is 0 Å². The first-order valence-electron chi connectivity index (χ1n) is 10.5. The average molecular weight is 354 g/mol. The minimum atomic E-state index is -2.07. The third kappa shape index (κ3) is 9.44. The van der Waals surface area contributed by atoms with E-state index >= 15 is 0 Å². The summed E-state index contributed by atoms with van der Waals surface area (Å²) in [6.45, 7) is 3.79. The third-order valence-electron chi connectivity index (χ3n) is 4.47. The van der Waals surface area contributed by atoms with Crippen LogP contribution in [0.2, 0.25) is 0 Å². The molecule has 1 amide bonds. The third-order valence-corrected chi connectivity index (χ3v) is 4.47. The molecule has 1 fully saturated rings. The van der Waals surface area contributed by atoms with Gasteiger partial charge in [-0.05, 0) is 46.5 Å². The number of esters is 1. The summed E-state index contributed by atoms with van der Waals surface area (Å²) in [5, 5.41) is 0. The number of carbonyl (C=O) groups excluding carboxylic acids is 2. The van der Waals surface area contributed by atoms with Crippen LogP contribution in [0.15, 0.2) is 23.3 Å². The van der Waals surface area contributed by atoms with E-state index in [1.165, 1.54) is 23.2 Å². The Kier molecular flexibility index (Phi) is 7.98. The zero-order valence-electron chi connectivity index (χ0n) is 18.8. The molecule has 0 aromatic carbocycles. The van der Waals surface area contributed by atoms with Gasteiger partial charge in [-0.25, -0.2) is 0 Å².